The lowest BCUT2D eigenvalue weighted by atomic mass is 10.2. The number of fused-ring (bicyclic) bond motifs is 1. The highest BCUT2D eigenvalue weighted by molar-refractivity contribution is 7.99. The van der Waals surface area contributed by atoms with Crippen molar-refractivity contribution in [2.75, 3.05) is 0 Å². The van der Waals surface area contributed by atoms with Gasteiger partial charge in [-0.15, -0.1) is 0 Å². The number of aromatic nitrogens is 1. The summed E-state index contributed by atoms with van der Waals surface area (Å²) in [6.07, 6.45) is 4.39. The van der Waals surface area contributed by atoms with Crippen molar-refractivity contribution >= 4 is 40.3 Å². The third-order valence-corrected chi connectivity index (χ3v) is 4.59. The number of carbonyl (C=O) groups excluding carboxylic acids is 1. The number of amides is 1. The van der Waals surface area contributed by atoms with Gasteiger partial charge in [0.1, 0.15) is 0 Å². The van der Waals surface area contributed by atoms with Crippen molar-refractivity contribution in [2.45, 2.75) is 9.79 Å². The molecule has 0 aliphatic heterocycles. The van der Waals surface area contributed by atoms with Gasteiger partial charge in [0.25, 0.3) is 5.69 Å². The largest absolute Gasteiger partial charge is 0.366 e. The van der Waals surface area contributed by atoms with Gasteiger partial charge in [0.2, 0.25) is 5.91 Å². The van der Waals surface area contributed by atoms with Crippen molar-refractivity contribution in [3.05, 3.63) is 76.5 Å². The van der Waals surface area contributed by atoms with Crippen LogP contribution in [0.15, 0.2) is 70.6 Å². The van der Waals surface area contributed by atoms with E-state index in [0.29, 0.717) is 5.56 Å². The molecule has 124 valence electrons. The highest BCUT2D eigenvalue weighted by Crippen LogP contribution is 2.36. The van der Waals surface area contributed by atoms with Gasteiger partial charge in [0.05, 0.1) is 10.4 Å². The smallest absolute Gasteiger partial charge is 0.270 e. The van der Waals surface area contributed by atoms with Crippen molar-refractivity contribution in [3.63, 3.8) is 0 Å². The molecule has 0 radical (unpaired) electrons. The first kappa shape index (κ1) is 16.7. The molecule has 0 fully saturated rings. The van der Waals surface area contributed by atoms with Gasteiger partial charge in [-0.05, 0) is 29.8 Å². The number of benzene rings is 2. The summed E-state index contributed by atoms with van der Waals surface area (Å²) in [6, 6.07) is 14.2. The third-order valence-electron chi connectivity index (χ3n) is 3.45. The van der Waals surface area contributed by atoms with Crippen LogP contribution >= 0.6 is 11.8 Å². The molecule has 0 spiro atoms. The van der Waals surface area contributed by atoms with Crippen LogP contribution in [-0.4, -0.2) is 15.8 Å². The van der Waals surface area contributed by atoms with Gasteiger partial charge >= 0.3 is 0 Å². The Bertz CT molecular complexity index is 997. The number of hydrogen-bond acceptors (Lipinski definition) is 5. The van der Waals surface area contributed by atoms with Crippen LogP contribution in [0.4, 0.5) is 5.69 Å². The van der Waals surface area contributed by atoms with Gasteiger partial charge in [-0.2, -0.15) is 0 Å². The normalized spacial score (nSPS) is 11.0. The van der Waals surface area contributed by atoms with Crippen LogP contribution in [0.2, 0.25) is 0 Å². The molecule has 0 unspecified atom stereocenters. The average Bonchev–Trinajstić information content (AvgIpc) is 2.61. The number of nitro benzene ring substituents is 1. The molecule has 0 atom stereocenters. The van der Waals surface area contributed by atoms with E-state index < -0.39 is 10.8 Å². The molecule has 25 heavy (non-hydrogen) atoms. The number of hydrogen-bond donors (Lipinski definition) is 1. The van der Waals surface area contributed by atoms with E-state index in [2.05, 4.69) is 4.98 Å². The Hall–Kier alpha value is -3.19. The molecule has 1 aromatic heterocycles. The van der Waals surface area contributed by atoms with Crippen LogP contribution in [0.3, 0.4) is 0 Å². The lowest BCUT2D eigenvalue weighted by Gasteiger charge is -2.08. The Morgan fingerprint density at radius 3 is 2.72 bits per heavy atom. The van der Waals surface area contributed by atoms with Crippen LogP contribution in [-0.2, 0) is 4.79 Å². The molecule has 7 heteroatoms. The number of para-hydroxylation sites is 1. The minimum atomic E-state index is -0.616. The van der Waals surface area contributed by atoms with Crippen molar-refractivity contribution in [1.29, 1.82) is 0 Å². The monoisotopic (exact) mass is 351 g/mol. The van der Waals surface area contributed by atoms with E-state index in [4.69, 9.17) is 5.73 Å². The third kappa shape index (κ3) is 3.84. The number of nitro groups is 1. The first-order valence-electron chi connectivity index (χ1n) is 7.32. The predicted octanol–water partition coefficient (Wildman–Crippen LogP) is 3.79. The molecule has 2 aromatic carbocycles. The van der Waals surface area contributed by atoms with Gasteiger partial charge < -0.3 is 5.73 Å². The quantitative estimate of drug-likeness (QED) is 0.428. The first-order chi connectivity index (χ1) is 12.0. The fourth-order valence-electron chi connectivity index (χ4n) is 2.32. The molecule has 1 amide bonds. The Morgan fingerprint density at radius 1 is 1.16 bits per heavy atom. The summed E-state index contributed by atoms with van der Waals surface area (Å²) in [6.45, 7) is 0. The second kappa shape index (κ2) is 7.14. The molecule has 0 aliphatic carbocycles. The molecule has 3 aromatic rings. The molecule has 1 heterocycles. The summed E-state index contributed by atoms with van der Waals surface area (Å²) in [5.74, 6) is -0.616. The first-order valence-corrected chi connectivity index (χ1v) is 8.14. The van der Waals surface area contributed by atoms with Crippen LogP contribution in [0, 0.1) is 10.1 Å². The van der Waals surface area contributed by atoms with Crippen LogP contribution in [0.5, 0.6) is 0 Å². The van der Waals surface area contributed by atoms with Crippen molar-refractivity contribution < 1.29 is 9.72 Å². The molecule has 0 bridgehead atoms. The Morgan fingerprint density at radius 2 is 1.96 bits per heavy atom. The van der Waals surface area contributed by atoms with E-state index in [1.54, 1.807) is 12.3 Å². The zero-order valence-corrected chi connectivity index (χ0v) is 13.8. The molecular formula is C18H13N3O3S. The van der Waals surface area contributed by atoms with Gasteiger partial charge in [-0.1, -0.05) is 30.0 Å². The highest BCUT2D eigenvalue weighted by Gasteiger charge is 2.12. The minimum absolute atomic E-state index is 0.0514. The standard InChI is InChI=1S/C18H13N3O3S/c19-17(22)9-6-13-11-14(21(23)24)7-8-15(13)25-16-5-1-3-12-4-2-10-20-18(12)16/h1-11H,(H2,19,22)/b9-6-. The zero-order valence-electron chi connectivity index (χ0n) is 13.0. The van der Waals surface area contributed by atoms with Gasteiger partial charge in [0, 0.05) is 39.6 Å². The lowest BCUT2D eigenvalue weighted by molar-refractivity contribution is -0.384. The second-order valence-corrected chi connectivity index (χ2v) is 6.23. The second-order valence-electron chi connectivity index (χ2n) is 5.15. The van der Waals surface area contributed by atoms with E-state index in [1.807, 2.05) is 30.3 Å². The molecule has 3 rings (SSSR count). The van der Waals surface area contributed by atoms with Crippen molar-refractivity contribution in [3.8, 4) is 0 Å². The van der Waals surface area contributed by atoms with E-state index >= 15 is 0 Å². The zero-order chi connectivity index (χ0) is 17.8. The Balaban J connectivity index is 2.06. The Labute approximate surface area is 147 Å². The van der Waals surface area contributed by atoms with Gasteiger partial charge in [-0.3, -0.25) is 19.9 Å². The maximum atomic E-state index is 11.0. The maximum Gasteiger partial charge on any atom is 0.270 e. The van der Waals surface area contributed by atoms with E-state index in [0.717, 1.165) is 20.7 Å². The van der Waals surface area contributed by atoms with Crippen LogP contribution < -0.4 is 5.73 Å². The number of rotatable bonds is 5. The maximum absolute atomic E-state index is 11.0. The number of nitrogens with two attached hydrogens (primary N) is 1. The van der Waals surface area contributed by atoms with E-state index in [-0.39, 0.29) is 5.69 Å². The fraction of sp³-hybridized carbons (Fsp3) is 0. The average molecular weight is 351 g/mol. The Kier molecular flexibility index (Phi) is 4.76. The molecule has 0 aliphatic rings. The summed E-state index contributed by atoms with van der Waals surface area (Å²) in [5.41, 5.74) is 6.48. The SMILES string of the molecule is NC(=O)/C=C\c1cc([N+](=O)[O-])ccc1Sc1cccc2cccnc12. The highest BCUT2D eigenvalue weighted by atomic mass is 32.2. The molecule has 6 nitrogen and oxygen atoms in total. The van der Waals surface area contributed by atoms with E-state index in [9.17, 15) is 14.9 Å². The minimum Gasteiger partial charge on any atom is -0.366 e. The van der Waals surface area contributed by atoms with Crippen molar-refractivity contribution in [2.24, 2.45) is 5.73 Å². The molecule has 0 saturated carbocycles. The topological polar surface area (TPSA) is 99.1 Å². The summed E-state index contributed by atoms with van der Waals surface area (Å²) >= 11 is 1.43. The summed E-state index contributed by atoms with van der Waals surface area (Å²) < 4.78 is 0. The van der Waals surface area contributed by atoms with Gasteiger partial charge in [0.15, 0.2) is 0 Å². The number of pyridine rings is 1. The van der Waals surface area contributed by atoms with Crippen molar-refractivity contribution in [1.82, 2.24) is 4.98 Å². The van der Waals surface area contributed by atoms with Gasteiger partial charge in [-0.25, -0.2) is 0 Å². The van der Waals surface area contributed by atoms with Crippen LogP contribution in [0.25, 0.3) is 17.0 Å². The predicted molar refractivity (Wildman–Crippen MR) is 97.2 cm³/mol. The number of non-ortho nitro benzene ring substituents is 1. The van der Waals surface area contributed by atoms with Crippen LogP contribution in [0.1, 0.15) is 5.56 Å². The molecule has 0 saturated heterocycles. The summed E-state index contributed by atoms with van der Waals surface area (Å²) in [4.78, 5) is 27.6. The fourth-order valence-corrected chi connectivity index (χ4v) is 3.35. The molecular weight excluding hydrogens is 338 g/mol. The van der Waals surface area contributed by atoms with E-state index in [1.165, 1.54) is 36.0 Å². The summed E-state index contributed by atoms with van der Waals surface area (Å²) in [5, 5.41) is 12.0. The number of carbonyl (C=O) groups is 1. The number of primary amides is 1. The number of nitrogens with zero attached hydrogens (tertiary/aromatic N) is 2. The molecule has 2 N–H and O–H groups in total. The lowest BCUT2D eigenvalue weighted by Crippen LogP contribution is -2.05. The summed E-state index contributed by atoms with van der Waals surface area (Å²) in [7, 11) is 0.